The minimum Gasteiger partial charge on any atom is -0.387 e. The average molecular weight is 495 g/mol. The van der Waals surface area contributed by atoms with Crippen molar-refractivity contribution in [3.63, 3.8) is 0 Å². The van der Waals surface area contributed by atoms with Gasteiger partial charge in [-0.05, 0) is 6.07 Å². The van der Waals surface area contributed by atoms with Crippen molar-refractivity contribution in [1.29, 1.82) is 0 Å². The molecule has 6 atom stereocenters. The first-order chi connectivity index (χ1) is 14.1. The van der Waals surface area contributed by atoms with Crippen molar-refractivity contribution in [2.45, 2.75) is 24.5 Å². The van der Waals surface area contributed by atoms with Gasteiger partial charge >= 0.3 is 21.3 Å². The van der Waals surface area contributed by atoms with Gasteiger partial charge in [-0.25, -0.2) is 13.9 Å². The van der Waals surface area contributed by atoms with Gasteiger partial charge in [0.25, 0.3) is 0 Å². The van der Waals surface area contributed by atoms with E-state index in [0.717, 1.165) is 4.57 Å². The summed E-state index contributed by atoms with van der Waals surface area (Å²) in [4.78, 5) is 34.7. The van der Waals surface area contributed by atoms with Crippen LogP contribution in [-0.4, -0.2) is 93.2 Å². The number of phosphoric ester groups is 2. The molecule has 0 amide bonds. The van der Waals surface area contributed by atoms with Crippen molar-refractivity contribution >= 4 is 21.5 Å². The molecule has 0 aliphatic carbocycles. The number of aliphatic hydroxyl groups is 2. The van der Waals surface area contributed by atoms with E-state index >= 15 is 0 Å². The molecule has 15 nitrogen and oxygen atoms in total. The predicted octanol–water partition coefficient (Wildman–Crippen LogP) is -1.60. The molecule has 17 heteroatoms. The van der Waals surface area contributed by atoms with Gasteiger partial charge in [0.2, 0.25) is 0 Å². The smallest absolute Gasteiger partial charge is 0.387 e. The van der Waals surface area contributed by atoms with Gasteiger partial charge in [0.05, 0.1) is 27.7 Å². The lowest BCUT2D eigenvalue weighted by atomic mass is 10.1. The van der Waals surface area contributed by atoms with Gasteiger partial charge in [-0.2, -0.15) is 9.29 Å². The van der Waals surface area contributed by atoms with Crippen LogP contribution in [0.2, 0.25) is 0 Å². The topological polar surface area (TPSA) is 213 Å². The summed E-state index contributed by atoms with van der Waals surface area (Å²) in [6, 6.07) is 1.26. The van der Waals surface area contributed by atoms with Gasteiger partial charge in [0.1, 0.15) is 37.3 Å². The molecular formula is C14H27N4O11P2+. The first-order valence-corrected chi connectivity index (χ1v) is 11.9. The molecular weight excluding hydrogens is 468 g/mol. The van der Waals surface area contributed by atoms with Crippen LogP contribution in [-0.2, 0) is 27.2 Å². The molecule has 1 aromatic rings. The summed E-state index contributed by atoms with van der Waals surface area (Å²) in [6.07, 6.45) is -4.82. The lowest BCUT2D eigenvalue weighted by Gasteiger charge is -2.24. The molecule has 1 fully saturated rings. The van der Waals surface area contributed by atoms with Gasteiger partial charge in [0, 0.05) is 6.20 Å². The number of quaternary nitrogens is 1. The summed E-state index contributed by atoms with van der Waals surface area (Å²) in [5.41, 5.74) is 4.53. The Labute approximate surface area is 177 Å². The Morgan fingerprint density at radius 1 is 1.19 bits per heavy atom. The van der Waals surface area contributed by atoms with Crippen molar-refractivity contribution in [1.82, 2.24) is 9.55 Å². The van der Waals surface area contributed by atoms with E-state index < -0.39 is 52.5 Å². The van der Waals surface area contributed by atoms with Gasteiger partial charge in [0.15, 0.2) is 6.23 Å². The average Bonchev–Trinajstić information content (AvgIpc) is 2.86. The molecule has 0 radical (unpaired) electrons. The number of nitrogens with zero attached hydrogens (tertiary/aromatic N) is 3. The number of likely N-dealkylation sites (N-methyl/N-ethyl adjacent to an activating group) is 1. The van der Waals surface area contributed by atoms with Crippen LogP contribution < -0.4 is 11.4 Å². The number of rotatable bonds is 10. The van der Waals surface area contributed by atoms with E-state index in [1.165, 1.54) is 12.3 Å². The SMILES string of the molecule is [14CH3][N+]([14CH3])([14CH3])CCOP(=O)(O)OP(=O)(O)OC[C@H]1O[C@@H](n2ccc(N)nc2=O)[C@H](O)[C@@H]1O. The molecule has 1 aromatic heterocycles. The van der Waals surface area contributed by atoms with Crippen LogP contribution in [0.4, 0.5) is 5.82 Å². The maximum atomic E-state index is 12.0. The van der Waals surface area contributed by atoms with Crippen LogP contribution in [0.1, 0.15) is 6.23 Å². The molecule has 0 aromatic carbocycles. The quantitative estimate of drug-likeness (QED) is 0.183. The molecule has 6 N–H and O–H groups in total. The Morgan fingerprint density at radius 3 is 2.39 bits per heavy atom. The Kier molecular flexibility index (Phi) is 8.17. The number of hydrogen-bond donors (Lipinski definition) is 5. The fourth-order valence-electron chi connectivity index (χ4n) is 2.49. The van der Waals surface area contributed by atoms with Crippen molar-refractivity contribution in [3.05, 3.63) is 22.7 Å². The highest BCUT2D eigenvalue weighted by atomic mass is 31.3. The predicted molar refractivity (Wildman–Crippen MR) is 104 cm³/mol. The Bertz CT molecular complexity index is 920. The van der Waals surface area contributed by atoms with E-state index in [1.54, 1.807) is 21.1 Å². The summed E-state index contributed by atoms with van der Waals surface area (Å²) in [7, 11) is -4.64. The van der Waals surface area contributed by atoms with E-state index in [4.69, 9.17) is 10.5 Å². The molecule has 1 saturated heterocycles. The Hall–Kier alpha value is -1.22. The Morgan fingerprint density at radius 2 is 1.81 bits per heavy atom. The number of aromatic nitrogens is 2. The first-order valence-electron chi connectivity index (χ1n) is 8.93. The maximum absolute atomic E-state index is 12.0. The van der Waals surface area contributed by atoms with Crippen LogP contribution in [0, 0.1) is 0 Å². The van der Waals surface area contributed by atoms with E-state index in [-0.39, 0.29) is 12.4 Å². The maximum Gasteiger partial charge on any atom is 0.481 e. The molecule has 2 heterocycles. The van der Waals surface area contributed by atoms with Gasteiger partial charge in [-0.3, -0.25) is 13.6 Å². The van der Waals surface area contributed by atoms with Crippen molar-refractivity contribution < 1.29 is 51.7 Å². The number of anilines is 1. The van der Waals surface area contributed by atoms with E-state index in [0.29, 0.717) is 11.0 Å². The van der Waals surface area contributed by atoms with E-state index in [1.807, 2.05) is 0 Å². The van der Waals surface area contributed by atoms with E-state index in [9.17, 15) is 33.9 Å². The second-order valence-corrected chi connectivity index (χ2v) is 10.8. The number of hydrogen-bond acceptors (Lipinski definition) is 11. The standard InChI is InChI=1S/C14H26N4O11P2/c1-18(2,3)6-7-26-30(22,23)29-31(24,25)27-8-9-11(19)12(20)13(28-9)17-5-4-10(15)16-14(17)21/h4-5,9,11-13,19-20H,6-8H2,1-3H3,(H3-,15,16,21,22,23,24,25)/p+1/t9-,11-,12-,13-/m1/s1/i1+2,2+2,3+2. The van der Waals surface area contributed by atoms with Crippen molar-refractivity contribution in [2.75, 3.05) is 46.6 Å². The van der Waals surface area contributed by atoms with E-state index in [2.05, 4.69) is 18.3 Å². The molecule has 0 bridgehead atoms. The van der Waals surface area contributed by atoms with Crippen LogP contribution in [0.25, 0.3) is 0 Å². The van der Waals surface area contributed by atoms with Crippen molar-refractivity contribution in [2.24, 2.45) is 0 Å². The third kappa shape index (κ3) is 7.70. The zero-order valence-corrected chi connectivity index (χ0v) is 18.8. The minimum atomic E-state index is -5.11. The van der Waals surface area contributed by atoms with Gasteiger partial charge < -0.3 is 35.0 Å². The lowest BCUT2D eigenvalue weighted by Crippen LogP contribution is -2.37. The number of nitrogen functional groups attached to an aromatic ring is 1. The fraction of sp³-hybridized carbons (Fsp3) is 0.714. The molecule has 0 saturated carbocycles. The molecule has 1 aliphatic rings. The number of phosphoric acid groups is 2. The monoisotopic (exact) mass is 495 g/mol. The molecule has 178 valence electrons. The van der Waals surface area contributed by atoms with Crippen LogP contribution in [0.3, 0.4) is 0 Å². The zero-order valence-electron chi connectivity index (χ0n) is 17.0. The number of nitrogens with two attached hydrogens (primary N) is 1. The molecule has 2 rings (SSSR count). The minimum absolute atomic E-state index is 0.0652. The highest BCUT2D eigenvalue weighted by Gasteiger charge is 2.46. The Balaban J connectivity index is 1.96. The summed E-state index contributed by atoms with van der Waals surface area (Å²) < 4.78 is 43.9. The third-order valence-corrected chi connectivity index (χ3v) is 6.72. The molecule has 1 aliphatic heterocycles. The van der Waals surface area contributed by atoms with Crippen LogP contribution in [0.5, 0.6) is 0 Å². The summed E-state index contributed by atoms with van der Waals surface area (Å²) in [5, 5.41) is 20.2. The second kappa shape index (κ2) is 9.73. The first kappa shape index (κ1) is 26.0. The number of aliphatic hydroxyl groups excluding tert-OH is 2. The summed E-state index contributed by atoms with van der Waals surface area (Å²) in [6.45, 7) is -0.746. The zero-order chi connectivity index (χ0) is 23.6. The highest BCUT2D eigenvalue weighted by molar-refractivity contribution is 7.61. The second-order valence-electron chi connectivity index (χ2n) is 7.75. The van der Waals surface area contributed by atoms with Crippen molar-refractivity contribution in [3.8, 4) is 0 Å². The van der Waals surface area contributed by atoms with Crippen LogP contribution in [0.15, 0.2) is 17.1 Å². The fourth-order valence-corrected chi connectivity index (χ4v) is 4.56. The lowest BCUT2D eigenvalue weighted by molar-refractivity contribution is -0.870. The largest absolute Gasteiger partial charge is 0.481 e. The normalized spacial score (nSPS) is 28.2. The number of ether oxygens (including phenoxy) is 1. The third-order valence-electron chi connectivity index (χ3n) is 4.09. The summed E-state index contributed by atoms with van der Waals surface area (Å²) in [5.74, 6) is -0.0652. The molecule has 31 heavy (non-hydrogen) atoms. The van der Waals surface area contributed by atoms with Gasteiger partial charge in [-0.1, -0.05) is 0 Å². The molecule has 2 unspecified atom stereocenters. The summed E-state index contributed by atoms with van der Waals surface area (Å²) >= 11 is 0. The molecule has 0 spiro atoms. The van der Waals surface area contributed by atoms with Crippen LogP contribution >= 0.6 is 15.6 Å². The van der Waals surface area contributed by atoms with Gasteiger partial charge in [-0.15, -0.1) is 0 Å². The highest BCUT2D eigenvalue weighted by Crippen LogP contribution is 2.60.